The fourth-order valence-electron chi connectivity index (χ4n) is 6.00. The van der Waals surface area contributed by atoms with E-state index in [0.717, 1.165) is 36.3 Å². The minimum Gasteiger partial charge on any atom is -0.460 e. The number of rotatable bonds is 12. The molecule has 0 spiro atoms. The van der Waals surface area contributed by atoms with Crippen molar-refractivity contribution in [1.82, 2.24) is 21.3 Å². The average molecular weight is 638 g/mol. The summed E-state index contributed by atoms with van der Waals surface area (Å²) in [5, 5.41) is 23.6. The van der Waals surface area contributed by atoms with Crippen molar-refractivity contribution in [1.29, 1.82) is 5.26 Å². The summed E-state index contributed by atoms with van der Waals surface area (Å²) in [4.78, 5) is 13.7. The lowest BCUT2D eigenvalue weighted by Crippen LogP contribution is -2.54. The second-order valence-electron chi connectivity index (χ2n) is 13.1. The molecule has 2 unspecified atom stereocenters. The molecule has 4 aromatic rings. The molecule has 1 saturated heterocycles. The molecule has 0 saturated carbocycles. The summed E-state index contributed by atoms with van der Waals surface area (Å²) in [6.07, 6.45) is 2.65. The zero-order valence-corrected chi connectivity index (χ0v) is 27.9. The molecule has 5 rings (SSSR count). The van der Waals surface area contributed by atoms with Crippen LogP contribution in [0.2, 0.25) is 5.02 Å². The van der Waals surface area contributed by atoms with E-state index in [1.54, 1.807) is 12.1 Å². The Hall–Kier alpha value is -3.93. The first-order chi connectivity index (χ1) is 22.1. The largest absolute Gasteiger partial charge is 0.460 e. The highest BCUT2D eigenvalue weighted by Gasteiger charge is 2.28. The molecule has 3 atom stereocenters. The first-order valence-corrected chi connectivity index (χ1v) is 16.4. The second-order valence-corrected chi connectivity index (χ2v) is 13.5. The predicted molar refractivity (Wildman–Crippen MR) is 185 cm³/mol. The summed E-state index contributed by atoms with van der Waals surface area (Å²) in [6.45, 7) is 10.8. The molecule has 7 nitrogen and oxygen atoms in total. The molecular formula is C38H44ClN5O2. The van der Waals surface area contributed by atoms with Crippen molar-refractivity contribution < 1.29 is 9.21 Å². The Balaban J connectivity index is 1.26. The average Bonchev–Trinajstić information content (AvgIpc) is 3.52. The van der Waals surface area contributed by atoms with Crippen molar-refractivity contribution in [2.24, 2.45) is 0 Å². The van der Waals surface area contributed by atoms with E-state index in [9.17, 15) is 10.1 Å². The van der Waals surface area contributed by atoms with Gasteiger partial charge < -0.3 is 25.7 Å². The van der Waals surface area contributed by atoms with E-state index in [4.69, 9.17) is 16.0 Å². The van der Waals surface area contributed by atoms with Gasteiger partial charge in [0.25, 0.3) is 5.91 Å². The second kappa shape index (κ2) is 15.1. The van der Waals surface area contributed by atoms with Crippen LogP contribution in [-0.4, -0.2) is 36.6 Å². The molecule has 1 aromatic heterocycles. The highest BCUT2D eigenvalue weighted by atomic mass is 35.5. The molecule has 3 aromatic carbocycles. The number of piperidine rings is 1. The predicted octanol–water partition coefficient (Wildman–Crippen LogP) is 7.09. The molecular weight excluding hydrogens is 594 g/mol. The normalized spacial score (nSPS) is 17.2. The zero-order valence-electron chi connectivity index (χ0n) is 27.1. The number of benzene rings is 3. The molecule has 1 amide bonds. The Morgan fingerprint density at radius 3 is 2.57 bits per heavy atom. The monoisotopic (exact) mass is 637 g/mol. The summed E-state index contributed by atoms with van der Waals surface area (Å²) >= 11 is 6.59. The number of nitrogens with one attached hydrogen (secondary N) is 4. The third-order valence-corrected chi connectivity index (χ3v) is 9.05. The van der Waals surface area contributed by atoms with Gasteiger partial charge in [-0.2, -0.15) is 5.26 Å². The number of amides is 1. The molecule has 1 aliphatic rings. The first kappa shape index (κ1) is 33.4. The first-order valence-electron chi connectivity index (χ1n) is 16.1. The standard InChI is InChI=1S/C38H44ClN5O2/c1-25-5-11-29(12-6-25)26(2)41-24-33-14-16-36(46-33)30-13-15-35(39)34(20-30)37(45)44-32(19-27-7-9-28(22-40)10-8-27)23-42-31-17-18-43-38(3,4)21-31/h5-16,20,26,31-32,41-43H,17-19,21,23-24H2,1-4H3,(H,44,45)/t26?,31-,32?/m1/s1. The molecule has 4 N–H and O–H groups in total. The lowest BCUT2D eigenvalue weighted by Gasteiger charge is -2.37. The molecule has 46 heavy (non-hydrogen) atoms. The van der Waals surface area contributed by atoms with Crippen molar-refractivity contribution in [3.8, 4) is 17.4 Å². The van der Waals surface area contributed by atoms with Gasteiger partial charge in [-0.15, -0.1) is 0 Å². The van der Waals surface area contributed by atoms with E-state index >= 15 is 0 Å². The van der Waals surface area contributed by atoms with E-state index in [0.29, 0.717) is 47.5 Å². The minimum absolute atomic E-state index is 0.0663. The van der Waals surface area contributed by atoms with Crippen LogP contribution in [0, 0.1) is 18.3 Å². The van der Waals surface area contributed by atoms with Crippen LogP contribution in [-0.2, 0) is 13.0 Å². The third kappa shape index (κ3) is 9.08. The summed E-state index contributed by atoms with van der Waals surface area (Å²) in [5.74, 6) is 1.25. The van der Waals surface area contributed by atoms with E-state index in [1.165, 1.54) is 11.1 Å². The van der Waals surface area contributed by atoms with Gasteiger partial charge in [0.2, 0.25) is 0 Å². The number of hydrogen-bond donors (Lipinski definition) is 4. The van der Waals surface area contributed by atoms with Crippen LogP contribution >= 0.6 is 11.6 Å². The fourth-order valence-corrected chi connectivity index (χ4v) is 6.21. The van der Waals surface area contributed by atoms with Crippen LogP contribution < -0.4 is 21.3 Å². The SMILES string of the molecule is Cc1ccc(C(C)NCc2ccc(-c3ccc(Cl)c(C(=O)NC(CN[C@@H]4CCNC(C)(C)C4)Cc4ccc(C#N)cc4)c3)o2)cc1. The molecule has 240 valence electrons. The van der Waals surface area contributed by atoms with Gasteiger partial charge in [-0.3, -0.25) is 4.79 Å². The number of carbonyl (C=O) groups is 1. The Bertz CT molecular complexity index is 1660. The number of aryl methyl sites for hydroxylation is 1. The Labute approximate surface area is 277 Å². The van der Waals surface area contributed by atoms with Gasteiger partial charge in [0.05, 0.1) is 28.8 Å². The Morgan fingerprint density at radius 1 is 1.09 bits per heavy atom. The van der Waals surface area contributed by atoms with Gasteiger partial charge in [-0.05, 0) is 107 Å². The van der Waals surface area contributed by atoms with Crippen molar-refractivity contribution >= 4 is 17.5 Å². The maximum absolute atomic E-state index is 13.7. The van der Waals surface area contributed by atoms with Crippen molar-refractivity contribution in [3.63, 3.8) is 0 Å². The lowest BCUT2D eigenvalue weighted by atomic mass is 9.89. The topological polar surface area (TPSA) is 102 Å². The van der Waals surface area contributed by atoms with Gasteiger partial charge in [-0.25, -0.2) is 0 Å². The van der Waals surface area contributed by atoms with Crippen LogP contribution in [0.25, 0.3) is 11.3 Å². The number of carbonyl (C=O) groups excluding carboxylic acids is 1. The molecule has 2 heterocycles. The molecule has 0 radical (unpaired) electrons. The number of furan rings is 1. The van der Waals surface area contributed by atoms with Crippen LogP contribution in [0.5, 0.6) is 0 Å². The molecule has 0 aliphatic carbocycles. The van der Waals surface area contributed by atoms with Gasteiger partial charge in [-0.1, -0.05) is 53.6 Å². The lowest BCUT2D eigenvalue weighted by molar-refractivity contribution is 0.0934. The van der Waals surface area contributed by atoms with E-state index in [1.807, 2.05) is 42.5 Å². The van der Waals surface area contributed by atoms with Crippen LogP contribution in [0.1, 0.15) is 78.0 Å². The fraction of sp³-hybridized carbons (Fsp3) is 0.368. The van der Waals surface area contributed by atoms with Crippen LogP contribution in [0.3, 0.4) is 0 Å². The summed E-state index contributed by atoms with van der Waals surface area (Å²) in [7, 11) is 0. The van der Waals surface area contributed by atoms with Gasteiger partial charge in [0.15, 0.2) is 0 Å². The number of nitriles is 1. The molecule has 0 bridgehead atoms. The minimum atomic E-state index is -0.238. The van der Waals surface area contributed by atoms with Gasteiger partial charge >= 0.3 is 0 Å². The summed E-state index contributed by atoms with van der Waals surface area (Å²) < 4.78 is 6.18. The molecule has 8 heteroatoms. The summed E-state index contributed by atoms with van der Waals surface area (Å²) in [6, 6.07) is 27.9. The van der Waals surface area contributed by atoms with Crippen molar-refractivity contribution in [2.75, 3.05) is 13.1 Å². The van der Waals surface area contributed by atoms with Gasteiger partial charge in [0.1, 0.15) is 11.5 Å². The van der Waals surface area contributed by atoms with Crippen LogP contribution in [0.15, 0.2) is 83.3 Å². The Morgan fingerprint density at radius 2 is 1.85 bits per heavy atom. The highest BCUT2D eigenvalue weighted by molar-refractivity contribution is 6.34. The van der Waals surface area contributed by atoms with E-state index in [2.05, 4.69) is 79.3 Å². The quantitative estimate of drug-likeness (QED) is 0.132. The third-order valence-electron chi connectivity index (χ3n) is 8.72. The maximum Gasteiger partial charge on any atom is 0.253 e. The number of hydrogen-bond acceptors (Lipinski definition) is 6. The maximum atomic E-state index is 13.7. The Kier molecular flexibility index (Phi) is 11.0. The van der Waals surface area contributed by atoms with Gasteiger partial charge in [0, 0.05) is 35.8 Å². The van der Waals surface area contributed by atoms with Crippen molar-refractivity contribution in [2.45, 2.75) is 77.2 Å². The zero-order chi connectivity index (χ0) is 32.7. The van der Waals surface area contributed by atoms with Crippen LogP contribution in [0.4, 0.5) is 0 Å². The number of halogens is 1. The molecule has 1 fully saturated rings. The van der Waals surface area contributed by atoms with Crippen molar-refractivity contribution in [3.05, 3.63) is 117 Å². The number of nitrogens with zero attached hydrogens (tertiary/aromatic N) is 1. The highest BCUT2D eigenvalue weighted by Crippen LogP contribution is 2.28. The van der Waals surface area contributed by atoms with E-state index < -0.39 is 0 Å². The summed E-state index contributed by atoms with van der Waals surface area (Å²) in [5.41, 5.74) is 5.37. The molecule has 1 aliphatic heterocycles. The van der Waals surface area contributed by atoms with E-state index in [-0.39, 0.29) is 23.5 Å². The smallest absolute Gasteiger partial charge is 0.253 e.